The Morgan fingerprint density at radius 1 is 1.05 bits per heavy atom. The van der Waals surface area contributed by atoms with Crippen molar-refractivity contribution in [1.29, 1.82) is 0 Å². The van der Waals surface area contributed by atoms with Gasteiger partial charge in [-0.15, -0.1) is 0 Å². The Hall–Kier alpha value is -2.10. The van der Waals surface area contributed by atoms with E-state index < -0.39 is 6.61 Å². The first-order chi connectivity index (χ1) is 9.15. The lowest BCUT2D eigenvalue weighted by atomic mass is 10.2. The molecule has 0 radical (unpaired) electrons. The number of aryl methyl sites for hydroxylation is 1. The molecule has 2 nitrogen and oxygen atoms in total. The number of para-hydroxylation sites is 1. The number of anilines is 1. The molecule has 0 fully saturated rings. The van der Waals surface area contributed by atoms with Crippen molar-refractivity contribution in [3.63, 3.8) is 0 Å². The second-order valence-electron chi connectivity index (χ2n) is 4.21. The van der Waals surface area contributed by atoms with Gasteiger partial charge in [0.1, 0.15) is 5.75 Å². The Morgan fingerprint density at radius 3 is 2.42 bits per heavy atom. The van der Waals surface area contributed by atoms with Gasteiger partial charge in [-0.2, -0.15) is 8.78 Å². The van der Waals surface area contributed by atoms with Crippen LogP contribution < -0.4 is 10.1 Å². The smallest absolute Gasteiger partial charge is 0.387 e. The molecule has 0 aliphatic heterocycles. The standard InChI is InChI=1S/C15H15F2NO/c1-11-6-8-13(9-7-11)18-10-12-4-2-3-5-14(12)19-15(16)17/h2-9,15,18H,10H2,1H3. The number of hydrogen-bond donors (Lipinski definition) is 1. The number of rotatable bonds is 5. The fourth-order valence-electron chi connectivity index (χ4n) is 1.73. The number of halogens is 2. The topological polar surface area (TPSA) is 21.3 Å². The molecule has 0 saturated carbocycles. The van der Waals surface area contributed by atoms with Crippen LogP contribution in [0.3, 0.4) is 0 Å². The van der Waals surface area contributed by atoms with E-state index in [2.05, 4.69) is 10.1 Å². The first-order valence-corrected chi connectivity index (χ1v) is 5.98. The predicted octanol–water partition coefficient (Wildman–Crippen LogP) is 4.21. The van der Waals surface area contributed by atoms with Gasteiger partial charge in [0, 0.05) is 17.8 Å². The highest BCUT2D eigenvalue weighted by atomic mass is 19.3. The molecule has 0 unspecified atom stereocenters. The van der Waals surface area contributed by atoms with Crippen molar-refractivity contribution < 1.29 is 13.5 Å². The lowest BCUT2D eigenvalue weighted by Gasteiger charge is -2.12. The monoisotopic (exact) mass is 263 g/mol. The van der Waals surface area contributed by atoms with Gasteiger partial charge in [-0.05, 0) is 25.1 Å². The van der Waals surface area contributed by atoms with E-state index in [4.69, 9.17) is 0 Å². The molecule has 0 aliphatic rings. The fraction of sp³-hybridized carbons (Fsp3) is 0.200. The van der Waals surface area contributed by atoms with E-state index >= 15 is 0 Å². The Bertz CT molecular complexity index is 526. The van der Waals surface area contributed by atoms with Gasteiger partial charge in [0.05, 0.1) is 0 Å². The van der Waals surface area contributed by atoms with Crippen LogP contribution >= 0.6 is 0 Å². The lowest BCUT2D eigenvalue weighted by Crippen LogP contribution is -2.07. The molecule has 2 rings (SSSR count). The van der Waals surface area contributed by atoms with Gasteiger partial charge in [0.2, 0.25) is 0 Å². The minimum atomic E-state index is -2.81. The second-order valence-corrected chi connectivity index (χ2v) is 4.21. The highest BCUT2D eigenvalue weighted by Gasteiger charge is 2.08. The van der Waals surface area contributed by atoms with Crippen LogP contribution in [0.1, 0.15) is 11.1 Å². The van der Waals surface area contributed by atoms with Crippen molar-refractivity contribution in [1.82, 2.24) is 0 Å². The van der Waals surface area contributed by atoms with Gasteiger partial charge >= 0.3 is 6.61 Å². The summed E-state index contributed by atoms with van der Waals surface area (Å²) in [5.74, 6) is 0.206. The van der Waals surface area contributed by atoms with E-state index in [9.17, 15) is 8.78 Å². The lowest BCUT2D eigenvalue weighted by molar-refractivity contribution is -0.0504. The maximum Gasteiger partial charge on any atom is 0.387 e. The first-order valence-electron chi connectivity index (χ1n) is 5.98. The van der Waals surface area contributed by atoms with Crippen LogP contribution in [0.2, 0.25) is 0 Å². The van der Waals surface area contributed by atoms with E-state index in [0.717, 1.165) is 5.69 Å². The molecule has 0 heterocycles. The number of benzene rings is 2. The summed E-state index contributed by atoms with van der Waals surface area (Å²) in [7, 11) is 0. The molecule has 0 atom stereocenters. The summed E-state index contributed by atoms with van der Waals surface area (Å²) >= 11 is 0. The number of hydrogen-bond acceptors (Lipinski definition) is 2. The van der Waals surface area contributed by atoms with Crippen LogP contribution in [0.15, 0.2) is 48.5 Å². The molecule has 19 heavy (non-hydrogen) atoms. The summed E-state index contributed by atoms with van der Waals surface area (Å²) in [6.07, 6.45) is 0. The zero-order valence-electron chi connectivity index (χ0n) is 10.6. The molecule has 0 amide bonds. The number of nitrogens with one attached hydrogen (secondary N) is 1. The van der Waals surface area contributed by atoms with Gasteiger partial charge in [-0.3, -0.25) is 0 Å². The van der Waals surface area contributed by atoms with Crippen LogP contribution in [0.25, 0.3) is 0 Å². The van der Waals surface area contributed by atoms with Crippen LogP contribution in [0.4, 0.5) is 14.5 Å². The highest BCUT2D eigenvalue weighted by Crippen LogP contribution is 2.21. The van der Waals surface area contributed by atoms with Crippen LogP contribution in [0, 0.1) is 6.92 Å². The quantitative estimate of drug-likeness (QED) is 0.872. The normalized spacial score (nSPS) is 10.5. The summed E-state index contributed by atoms with van der Waals surface area (Å²) in [6.45, 7) is -0.359. The molecule has 2 aromatic rings. The third kappa shape index (κ3) is 3.95. The maximum absolute atomic E-state index is 12.3. The molecule has 1 N–H and O–H groups in total. The van der Waals surface area contributed by atoms with Crippen molar-refractivity contribution in [2.24, 2.45) is 0 Å². The summed E-state index contributed by atoms with van der Waals surface area (Å²) < 4.78 is 29.0. The summed E-state index contributed by atoms with van der Waals surface area (Å²) in [6, 6.07) is 14.7. The minimum Gasteiger partial charge on any atom is -0.434 e. The molecule has 4 heteroatoms. The van der Waals surface area contributed by atoms with Crippen LogP contribution in [-0.4, -0.2) is 6.61 Å². The predicted molar refractivity (Wildman–Crippen MR) is 71.6 cm³/mol. The highest BCUT2D eigenvalue weighted by molar-refractivity contribution is 5.46. The Kier molecular flexibility index (Phi) is 4.34. The van der Waals surface area contributed by atoms with Gasteiger partial charge in [-0.1, -0.05) is 35.9 Å². The zero-order valence-corrected chi connectivity index (χ0v) is 10.6. The molecule has 0 saturated heterocycles. The van der Waals surface area contributed by atoms with E-state index in [1.165, 1.54) is 11.6 Å². The van der Waals surface area contributed by atoms with E-state index in [0.29, 0.717) is 12.1 Å². The molecule has 0 aliphatic carbocycles. The largest absolute Gasteiger partial charge is 0.434 e. The number of ether oxygens (including phenoxy) is 1. The van der Waals surface area contributed by atoms with Crippen molar-refractivity contribution in [2.75, 3.05) is 5.32 Å². The first kappa shape index (κ1) is 13.3. The van der Waals surface area contributed by atoms with E-state index in [1.807, 2.05) is 31.2 Å². The Labute approximate surface area is 111 Å². The average Bonchev–Trinajstić information content (AvgIpc) is 2.39. The summed E-state index contributed by atoms with van der Waals surface area (Å²) in [5.41, 5.74) is 2.81. The van der Waals surface area contributed by atoms with Crippen molar-refractivity contribution in [3.05, 3.63) is 59.7 Å². The molecular weight excluding hydrogens is 248 g/mol. The number of alkyl halides is 2. The Morgan fingerprint density at radius 2 is 1.74 bits per heavy atom. The fourth-order valence-corrected chi connectivity index (χ4v) is 1.73. The van der Waals surface area contributed by atoms with Gasteiger partial charge in [0.15, 0.2) is 0 Å². The Balaban J connectivity index is 2.04. The maximum atomic E-state index is 12.3. The molecular formula is C15H15F2NO. The minimum absolute atomic E-state index is 0.206. The van der Waals surface area contributed by atoms with Crippen molar-refractivity contribution in [3.8, 4) is 5.75 Å². The van der Waals surface area contributed by atoms with E-state index in [-0.39, 0.29) is 5.75 Å². The molecule has 100 valence electrons. The summed E-state index contributed by atoms with van der Waals surface area (Å²) in [5, 5.41) is 3.18. The zero-order chi connectivity index (χ0) is 13.7. The molecule has 0 spiro atoms. The van der Waals surface area contributed by atoms with Crippen LogP contribution in [-0.2, 0) is 6.54 Å². The average molecular weight is 263 g/mol. The van der Waals surface area contributed by atoms with Crippen molar-refractivity contribution in [2.45, 2.75) is 20.1 Å². The third-order valence-corrected chi connectivity index (χ3v) is 2.72. The van der Waals surface area contributed by atoms with Crippen molar-refractivity contribution >= 4 is 5.69 Å². The molecule has 2 aromatic carbocycles. The van der Waals surface area contributed by atoms with E-state index in [1.54, 1.807) is 18.2 Å². The van der Waals surface area contributed by atoms with Gasteiger partial charge in [-0.25, -0.2) is 0 Å². The molecule has 0 aromatic heterocycles. The van der Waals surface area contributed by atoms with Gasteiger partial charge in [0.25, 0.3) is 0 Å². The second kappa shape index (κ2) is 6.18. The third-order valence-electron chi connectivity index (χ3n) is 2.72. The molecule has 0 bridgehead atoms. The van der Waals surface area contributed by atoms with Gasteiger partial charge < -0.3 is 10.1 Å². The van der Waals surface area contributed by atoms with Crippen LogP contribution in [0.5, 0.6) is 5.75 Å². The summed E-state index contributed by atoms with van der Waals surface area (Å²) in [4.78, 5) is 0. The SMILES string of the molecule is Cc1ccc(NCc2ccccc2OC(F)F)cc1.